The Balaban J connectivity index is 2.19. The summed E-state index contributed by atoms with van der Waals surface area (Å²) >= 11 is 8.32. The lowest BCUT2D eigenvalue weighted by atomic mass is 10.0. The van der Waals surface area contributed by atoms with Gasteiger partial charge in [-0.3, -0.25) is 9.78 Å². The number of carbonyl (C=O) groups excluding carboxylic acids is 1. The average Bonchev–Trinajstić information content (AvgIpc) is 2.76. The molecule has 0 amide bonds. The maximum atomic E-state index is 12.6. The van der Waals surface area contributed by atoms with Gasteiger partial charge in [0.1, 0.15) is 0 Å². The molecule has 0 saturated heterocycles. The minimum Gasteiger partial charge on any atom is -0.289 e. The van der Waals surface area contributed by atoms with Gasteiger partial charge in [0.15, 0.2) is 5.78 Å². The topological polar surface area (TPSA) is 30.0 Å². The molecule has 0 radical (unpaired) electrons. The maximum Gasteiger partial charge on any atom is 0.195 e. The number of ketones is 1. The van der Waals surface area contributed by atoms with Crippen molar-refractivity contribution < 1.29 is 4.79 Å². The highest BCUT2D eigenvalue weighted by atomic mass is 79.9. The molecule has 2 aromatic heterocycles. The molecule has 3 aromatic rings. The quantitative estimate of drug-likeness (QED) is 0.567. The molecule has 0 spiro atoms. The van der Waals surface area contributed by atoms with Gasteiger partial charge in [-0.25, -0.2) is 0 Å². The number of halogens is 2. The van der Waals surface area contributed by atoms with Gasteiger partial charge in [-0.1, -0.05) is 18.2 Å². The van der Waals surface area contributed by atoms with E-state index in [1.54, 1.807) is 12.4 Å². The highest BCUT2D eigenvalue weighted by molar-refractivity contribution is 9.12. The first-order valence-corrected chi connectivity index (χ1v) is 7.89. The number of hydrogen-bond acceptors (Lipinski definition) is 3. The standard InChI is InChI=1S/C14H7Br2NOS/c15-12-6-10(14(16)19-12)13(18)9-3-1-2-8-4-5-17-7-11(8)9/h1-7H. The monoisotopic (exact) mass is 395 g/mol. The van der Waals surface area contributed by atoms with Gasteiger partial charge in [-0.15, -0.1) is 11.3 Å². The van der Waals surface area contributed by atoms with Crippen molar-refractivity contribution in [2.75, 3.05) is 0 Å². The fourth-order valence-electron chi connectivity index (χ4n) is 1.95. The lowest BCUT2D eigenvalue weighted by Gasteiger charge is -2.04. The molecule has 0 bridgehead atoms. The van der Waals surface area contributed by atoms with E-state index in [2.05, 4.69) is 36.8 Å². The van der Waals surface area contributed by atoms with E-state index in [4.69, 9.17) is 0 Å². The molecule has 1 aromatic carbocycles. The zero-order valence-corrected chi connectivity index (χ0v) is 13.5. The normalized spacial score (nSPS) is 10.8. The van der Waals surface area contributed by atoms with E-state index in [0.717, 1.165) is 18.3 Å². The molecule has 0 aliphatic rings. The number of fused-ring (bicyclic) bond motifs is 1. The third-order valence-electron chi connectivity index (χ3n) is 2.83. The molecule has 0 unspecified atom stereocenters. The van der Waals surface area contributed by atoms with Gasteiger partial charge in [0.2, 0.25) is 0 Å². The second kappa shape index (κ2) is 5.15. The Morgan fingerprint density at radius 3 is 2.74 bits per heavy atom. The number of aromatic nitrogens is 1. The highest BCUT2D eigenvalue weighted by Gasteiger charge is 2.17. The lowest BCUT2D eigenvalue weighted by Crippen LogP contribution is -2.01. The van der Waals surface area contributed by atoms with Crippen LogP contribution in [0.5, 0.6) is 0 Å². The number of benzene rings is 1. The molecule has 0 aliphatic carbocycles. The van der Waals surface area contributed by atoms with Crippen LogP contribution in [0.1, 0.15) is 15.9 Å². The van der Waals surface area contributed by atoms with Crippen LogP contribution < -0.4 is 0 Å². The number of thiophene rings is 1. The third kappa shape index (κ3) is 2.38. The van der Waals surface area contributed by atoms with Gasteiger partial charge in [0.25, 0.3) is 0 Å². The van der Waals surface area contributed by atoms with Crippen molar-refractivity contribution in [2.45, 2.75) is 0 Å². The minimum atomic E-state index is 0.00688. The largest absolute Gasteiger partial charge is 0.289 e. The van der Waals surface area contributed by atoms with Crippen molar-refractivity contribution in [3.05, 3.63) is 61.4 Å². The molecule has 3 rings (SSSR count). The number of rotatable bonds is 2. The Hall–Kier alpha value is -1.04. The van der Waals surface area contributed by atoms with Gasteiger partial charge >= 0.3 is 0 Å². The second-order valence-corrected chi connectivity index (χ2v) is 7.72. The lowest BCUT2D eigenvalue weighted by molar-refractivity contribution is 0.104. The second-order valence-electron chi connectivity index (χ2n) is 3.97. The van der Waals surface area contributed by atoms with Crippen LogP contribution in [0.4, 0.5) is 0 Å². The van der Waals surface area contributed by atoms with Crippen LogP contribution in [-0.4, -0.2) is 10.8 Å². The van der Waals surface area contributed by atoms with Gasteiger partial charge in [0.05, 0.1) is 7.57 Å². The molecular formula is C14H7Br2NOS. The predicted molar refractivity (Wildman–Crippen MR) is 84.9 cm³/mol. The molecule has 0 N–H and O–H groups in total. The van der Waals surface area contributed by atoms with Crippen LogP contribution in [-0.2, 0) is 0 Å². The summed E-state index contributed by atoms with van der Waals surface area (Å²) in [6.45, 7) is 0. The third-order valence-corrected chi connectivity index (χ3v) is 5.17. The minimum absolute atomic E-state index is 0.00688. The van der Waals surface area contributed by atoms with E-state index in [-0.39, 0.29) is 5.78 Å². The van der Waals surface area contributed by atoms with E-state index < -0.39 is 0 Å². The Kier molecular flexibility index (Phi) is 3.52. The summed E-state index contributed by atoms with van der Waals surface area (Å²) in [7, 11) is 0. The van der Waals surface area contributed by atoms with E-state index in [1.807, 2.05) is 30.3 Å². The Bertz CT molecular complexity index is 777. The van der Waals surface area contributed by atoms with Crippen LogP contribution in [0.15, 0.2) is 50.3 Å². The van der Waals surface area contributed by atoms with Crippen molar-refractivity contribution in [1.29, 1.82) is 0 Å². The smallest absolute Gasteiger partial charge is 0.195 e. The predicted octanol–water partition coefficient (Wildman–Crippen LogP) is 5.05. The molecule has 0 fully saturated rings. The van der Waals surface area contributed by atoms with E-state index in [0.29, 0.717) is 11.1 Å². The molecular weight excluding hydrogens is 390 g/mol. The highest BCUT2D eigenvalue weighted by Crippen LogP contribution is 2.34. The number of nitrogens with zero attached hydrogens (tertiary/aromatic N) is 1. The molecule has 0 aliphatic heterocycles. The summed E-state index contributed by atoms with van der Waals surface area (Å²) in [4.78, 5) is 16.7. The first-order chi connectivity index (χ1) is 9.16. The van der Waals surface area contributed by atoms with E-state index in [1.165, 1.54) is 11.3 Å². The van der Waals surface area contributed by atoms with Crippen molar-refractivity contribution in [1.82, 2.24) is 4.98 Å². The molecule has 94 valence electrons. The summed E-state index contributed by atoms with van der Waals surface area (Å²) in [5.41, 5.74) is 1.35. The first kappa shape index (κ1) is 13.0. The molecule has 0 saturated carbocycles. The Morgan fingerprint density at radius 2 is 2.00 bits per heavy atom. The maximum absolute atomic E-state index is 12.6. The first-order valence-electron chi connectivity index (χ1n) is 5.49. The van der Waals surface area contributed by atoms with Crippen LogP contribution in [0.25, 0.3) is 10.8 Å². The van der Waals surface area contributed by atoms with Crippen molar-refractivity contribution in [3.63, 3.8) is 0 Å². The summed E-state index contributed by atoms with van der Waals surface area (Å²) in [6.07, 6.45) is 3.46. The van der Waals surface area contributed by atoms with Crippen LogP contribution in [0.2, 0.25) is 0 Å². The number of pyridine rings is 1. The molecule has 0 atom stereocenters. The van der Waals surface area contributed by atoms with Crippen LogP contribution >= 0.6 is 43.2 Å². The Morgan fingerprint density at radius 1 is 1.16 bits per heavy atom. The van der Waals surface area contributed by atoms with E-state index >= 15 is 0 Å². The fourth-order valence-corrected chi connectivity index (χ4v) is 4.74. The summed E-state index contributed by atoms with van der Waals surface area (Å²) in [6, 6.07) is 9.46. The zero-order chi connectivity index (χ0) is 13.4. The summed E-state index contributed by atoms with van der Waals surface area (Å²) in [5, 5.41) is 1.90. The van der Waals surface area contributed by atoms with Gasteiger partial charge in [-0.05, 0) is 49.4 Å². The molecule has 19 heavy (non-hydrogen) atoms. The zero-order valence-electron chi connectivity index (χ0n) is 9.56. The van der Waals surface area contributed by atoms with E-state index in [9.17, 15) is 4.79 Å². The molecule has 5 heteroatoms. The number of hydrogen-bond donors (Lipinski definition) is 0. The van der Waals surface area contributed by atoms with Crippen molar-refractivity contribution in [2.24, 2.45) is 0 Å². The van der Waals surface area contributed by atoms with Crippen LogP contribution in [0.3, 0.4) is 0 Å². The fraction of sp³-hybridized carbons (Fsp3) is 0. The Labute approximate surface area is 130 Å². The van der Waals surface area contributed by atoms with Gasteiger partial charge in [-0.2, -0.15) is 0 Å². The SMILES string of the molecule is O=C(c1cc(Br)sc1Br)c1cccc2ccncc12. The van der Waals surface area contributed by atoms with Crippen LogP contribution in [0, 0.1) is 0 Å². The molecule has 2 heterocycles. The van der Waals surface area contributed by atoms with Crippen molar-refractivity contribution in [3.8, 4) is 0 Å². The summed E-state index contributed by atoms with van der Waals surface area (Å²) in [5.74, 6) is 0.00688. The van der Waals surface area contributed by atoms with Crippen molar-refractivity contribution >= 4 is 59.8 Å². The molecule has 2 nitrogen and oxygen atoms in total. The van der Waals surface area contributed by atoms with Gasteiger partial charge < -0.3 is 0 Å². The summed E-state index contributed by atoms with van der Waals surface area (Å²) < 4.78 is 1.77. The number of carbonyl (C=O) groups is 1. The van der Waals surface area contributed by atoms with Gasteiger partial charge in [0, 0.05) is 28.9 Å². The average molecular weight is 397 g/mol.